The van der Waals surface area contributed by atoms with Crippen LogP contribution in [0.25, 0.3) is 5.65 Å². The van der Waals surface area contributed by atoms with Gasteiger partial charge in [-0.2, -0.15) is 4.31 Å². The highest BCUT2D eigenvalue weighted by molar-refractivity contribution is 7.89. The summed E-state index contributed by atoms with van der Waals surface area (Å²) in [6.07, 6.45) is 2.92. The molecule has 4 aromatic rings. The van der Waals surface area contributed by atoms with Crippen LogP contribution in [0.1, 0.15) is 71.8 Å². The lowest BCUT2D eigenvalue weighted by Gasteiger charge is -2.38. The number of carbonyl (C=O) groups is 1. The zero-order valence-electron chi connectivity index (χ0n) is 27.8. The summed E-state index contributed by atoms with van der Waals surface area (Å²) in [4.78, 5) is 17.7. The van der Waals surface area contributed by atoms with Crippen LogP contribution in [0.5, 0.6) is 5.88 Å². The summed E-state index contributed by atoms with van der Waals surface area (Å²) < 4.78 is 49.6. The average Bonchev–Trinajstić information content (AvgIpc) is 3.38. The first kappa shape index (κ1) is 33.3. The van der Waals surface area contributed by atoms with Crippen molar-refractivity contribution in [2.75, 3.05) is 26.9 Å². The molecule has 1 spiro atoms. The van der Waals surface area contributed by atoms with Crippen LogP contribution in [-0.4, -0.2) is 70.7 Å². The topological polar surface area (TPSA) is 125 Å². The molecule has 11 nitrogen and oxygen atoms in total. The number of nitrogens with zero attached hydrogens (tertiary/aromatic N) is 5. The fraction of sp³-hybridized carbons (Fsp3) is 0.471. The Bertz CT molecular complexity index is 1990. The number of pyridine rings is 2. The molecular formula is C34H40ClN5O6S. The number of aryl methyl sites for hydroxylation is 4. The van der Waals surface area contributed by atoms with Crippen molar-refractivity contribution in [1.82, 2.24) is 23.9 Å². The number of hydrogen-bond donors (Lipinski definition) is 0. The number of methoxy groups -OCH3 is 1. The number of fused-ring (bicyclic) bond motifs is 2. The van der Waals surface area contributed by atoms with Gasteiger partial charge in [-0.25, -0.2) is 13.4 Å². The molecule has 3 aromatic heterocycles. The minimum Gasteiger partial charge on any atom is -0.469 e. The van der Waals surface area contributed by atoms with Gasteiger partial charge in [-0.3, -0.25) is 9.20 Å². The van der Waals surface area contributed by atoms with Crippen LogP contribution in [-0.2, 0) is 30.8 Å². The minimum absolute atomic E-state index is 0.00574. The predicted molar refractivity (Wildman–Crippen MR) is 176 cm³/mol. The quantitative estimate of drug-likeness (QED) is 0.192. The summed E-state index contributed by atoms with van der Waals surface area (Å²) in [6.45, 7) is 12.4. The molecule has 1 atom stereocenters. The molecule has 2 aliphatic heterocycles. The second-order valence-electron chi connectivity index (χ2n) is 13.2. The number of aromatic nitrogens is 4. The van der Waals surface area contributed by atoms with Crippen molar-refractivity contribution in [3.05, 3.63) is 80.9 Å². The van der Waals surface area contributed by atoms with Gasteiger partial charge < -0.3 is 14.2 Å². The van der Waals surface area contributed by atoms with Gasteiger partial charge >= 0.3 is 5.97 Å². The van der Waals surface area contributed by atoms with E-state index in [4.69, 9.17) is 25.8 Å². The number of benzene rings is 1. The van der Waals surface area contributed by atoms with E-state index in [0.29, 0.717) is 37.3 Å². The monoisotopic (exact) mass is 681 g/mol. The molecule has 1 aromatic carbocycles. The Kier molecular flexibility index (Phi) is 8.61. The zero-order chi connectivity index (χ0) is 33.9. The SMILES string of the molecule is COC(=O)C(C)(C)[C@H](c1ccc(C)c(CN2CC3(CCOCC3)Oc3nc(Cl)c(C)cc3S2(=O)=O)c1)c1ccn2c(C)nnc2c1C. The summed E-state index contributed by atoms with van der Waals surface area (Å²) in [5.41, 5.74) is 3.79. The maximum atomic E-state index is 14.4. The molecule has 0 N–H and O–H groups in total. The number of hydrogen-bond acceptors (Lipinski definition) is 9. The van der Waals surface area contributed by atoms with Crippen LogP contribution >= 0.6 is 11.6 Å². The number of ether oxygens (including phenoxy) is 3. The number of rotatable bonds is 6. The largest absolute Gasteiger partial charge is 0.469 e. The lowest BCUT2D eigenvalue weighted by Crippen LogP contribution is -2.50. The highest BCUT2D eigenvalue weighted by Gasteiger charge is 2.46. The van der Waals surface area contributed by atoms with Crippen molar-refractivity contribution >= 4 is 33.2 Å². The highest BCUT2D eigenvalue weighted by Crippen LogP contribution is 2.45. The Labute approximate surface area is 280 Å². The van der Waals surface area contributed by atoms with Crippen LogP contribution in [0, 0.1) is 33.1 Å². The van der Waals surface area contributed by atoms with Gasteiger partial charge in [0.25, 0.3) is 0 Å². The molecule has 1 saturated heterocycles. The van der Waals surface area contributed by atoms with Gasteiger partial charge in [0.2, 0.25) is 15.9 Å². The molecular weight excluding hydrogens is 642 g/mol. The van der Waals surface area contributed by atoms with E-state index in [-0.39, 0.29) is 35.0 Å². The van der Waals surface area contributed by atoms with Crippen molar-refractivity contribution in [2.45, 2.75) is 77.3 Å². The molecule has 6 rings (SSSR count). The van der Waals surface area contributed by atoms with Gasteiger partial charge in [0.05, 0.1) is 32.3 Å². The third-order valence-corrected chi connectivity index (χ3v) is 11.9. The van der Waals surface area contributed by atoms with E-state index in [1.165, 1.54) is 17.5 Å². The fourth-order valence-electron chi connectivity index (χ4n) is 6.86. The first-order valence-electron chi connectivity index (χ1n) is 15.6. The molecule has 0 amide bonds. The Hall–Kier alpha value is -3.58. The van der Waals surface area contributed by atoms with E-state index in [2.05, 4.69) is 15.2 Å². The lowest BCUT2D eigenvalue weighted by atomic mass is 9.70. The summed E-state index contributed by atoms with van der Waals surface area (Å²) in [5, 5.41) is 8.84. The Morgan fingerprint density at radius 3 is 2.51 bits per heavy atom. The summed E-state index contributed by atoms with van der Waals surface area (Å²) in [7, 11) is -2.67. The van der Waals surface area contributed by atoms with Crippen LogP contribution in [0.2, 0.25) is 5.15 Å². The van der Waals surface area contributed by atoms with E-state index < -0.39 is 27.0 Å². The number of sulfonamides is 1. The predicted octanol–water partition coefficient (Wildman–Crippen LogP) is 5.47. The van der Waals surface area contributed by atoms with Gasteiger partial charge in [-0.1, -0.05) is 29.8 Å². The fourth-order valence-corrected chi connectivity index (χ4v) is 8.62. The molecule has 0 saturated carbocycles. The zero-order valence-corrected chi connectivity index (χ0v) is 29.3. The summed E-state index contributed by atoms with van der Waals surface area (Å²) in [6, 6.07) is 9.51. The van der Waals surface area contributed by atoms with Crippen molar-refractivity contribution < 1.29 is 27.4 Å². The van der Waals surface area contributed by atoms with Crippen LogP contribution in [0.3, 0.4) is 0 Å². The third-order valence-electron chi connectivity index (χ3n) is 9.72. The van der Waals surface area contributed by atoms with Crippen LogP contribution in [0.4, 0.5) is 0 Å². The van der Waals surface area contributed by atoms with E-state index >= 15 is 0 Å². The Morgan fingerprint density at radius 1 is 1.09 bits per heavy atom. The molecule has 13 heteroatoms. The van der Waals surface area contributed by atoms with Crippen molar-refractivity contribution in [3.63, 3.8) is 0 Å². The maximum Gasteiger partial charge on any atom is 0.312 e. The normalized spacial score (nSPS) is 18.4. The van der Waals surface area contributed by atoms with Gasteiger partial charge in [0.1, 0.15) is 21.5 Å². The van der Waals surface area contributed by atoms with Crippen molar-refractivity contribution in [2.24, 2.45) is 5.41 Å². The first-order chi connectivity index (χ1) is 22.2. The maximum absolute atomic E-state index is 14.4. The Balaban J connectivity index is 1.48. The molecule has 47 heavy (non-hydrogen) atoms. The molecule has 0 unspecified atom stereocenters. The Morgan fingerprint density at radius 2 is 1.81 bits per heavy atom. The van der Waals surface area contributed by atoms with E-state index in [1.807, 2.05) is 69.5 Å². The van der Waals surface area contributed by atoms with Gasteiger partial charge in [0.15, 0.2) is 5.65 Å². The second kappa shape index (κ2) is 12.1. The van der Waals surface area contributed by atoms with Crippen LogP contribution in [0.15, 0.2) is 41.4 Å². The van der Waals surface area contributed by atoms with Gasteiger partial charge in [-0.05, 0) is 87.1 Å². The van der Waals surface area contributed by atoms with E-state index in [9.17, 15) is 13.2 Å². The minimum atomic E-state index is -4.05. The number of carbonyl (C=O) groups excluding carboxylic acids is 1. The number of halogens is 1. The molecule has 1 fully saturated rings. The molecule has 250 valence electrons. The standard InChI is InChI=1S/C34H40ClN5O6S/c1-20-8-9-24(28(33(5,6)32(41)44-7)26-10-13-40-23(4)37-38-30(40)22(26)3)17-25(20)18-39-19-34(11-14-45-15-12-34)46-31-27(47(39,42)43)16-21(2)29(35)36-31/h8-10,13,16-17,28H,11-12,14-15,18-19H2,1-7H3/t28-/m1/s1. The molecule has 5 heterocycles. The summed E-state index contributed by atoms with van der Waals surface area (Å²) in [5.74, 6) is -0.0366. The highest BCUT2D eigenvalue weighted by atomic mass is 35.5. The smallest absolute Gasteiger partial charge is 0.312 e. The lowest BCUT2D eigenvalue weighted by molar-refractivity contribution is -0.151. The van der Waals surface area contributed by atoms with Crippen LogP contribution < -0.4 is 4.74 Å². The van der Waals surface area contributed by atoms with Crippen molar-refractivity contribution in [3.8, 4) is 5.88 Å². The molecule has 2 aliphatic rings. The first-order valence-corrected chi connectivity index (χ1v) is 17.4. The van der Waals surface area contributed by atoms with Gasteiger partial charge in [-0.15, -0.1) is 10.2 Å². The third kappa shape index (κ3) is 5.79. The molecule has 0 aliphatic carbocycles. The average molecular weight is 682 g/mol. The van der Waals surface area contributed by atoms with E-state index in [0.717, 1.165) is 33.6 Å². The number of esters is 1. The summed E-state index contributed by atoms with van der Waals surface area (Å²) >= 11 is 6.35. The second-order valence-corrected chi connectivity index (χ2v) is 15.5. The molecule has 0 bridgehead atoms. The van der Waals surface area contributed by atoms with E-state index in [1.54, 1.807) is 6.92 Å². The van der Waals surface area contributed by atoms with Crippen molar-refractivity contribution in [1.29, 1.82) is 0 Å². The molecule has 0 radical (unpaired) electrons. The van der Waals surface area contributed by atoms with Gasteiger partial charge in [0, 0.05) is 31.5 Å².